The van der Waals surface area contributed by atoms with Crippen LogP contribution in [0.15, 0.2) is 28.7 Å². The quantitative estimate of drug-likeness (QED) is 0.892. The van der Waals surface area contributed by atoms with Gasteiger partial charge in [0.2, 0.25) is 0 Å². The lowest BCUT2D eigenvalue weighted by Gasteiger charge is -2.14. The molecular weight excluding hydrogens is 254 g/mol. The van der Waals surface area contributed by atoms with Crippen LogP contribution in [0.3, 0.4) is 0 Å². The Bertz CT molecular complexity index is 325. The van der Waals surface area contributed by atoms with Crippen molar-refractivity contribution < 1.29 is 4.74 Å². The maximum absolute atomic E-state index is 5.73. The highest BCUT2D eigenvalue weighted by atomic mass is 79.9. The van der Waals surface area contributed by atoms with Gasteiger partial charge < -0.3 is 10.5 Å². The van der Waals surface area contributed by atoms with E-state index >= 15 is 0 Å². The zero-order chi connectivity index (χ0) is 10.7. The van der Waals surface area contributed by atoms with Crippen LogP contribution in [0.2, 0.25) is 0 Å². The molecule has 2 rings (SSSR count). The van der Waals surface area contributed by atoms with E-state index in [2.05, 4.69) is 15.9 Å². The van der Waals surface area contributed by atoms with Gasteiger partial charge in [0.25, 0.3) is 0 Å². The van der Waals surface area contributed by atoms with Gasteiger partial charge >= 0.3 is 0 Å². The van der Waals surface area contributed by atoms with E-state index in [0.717, 1.165) is 29.3 Å². The fraction of sp³-hybridized carbons (Fsp3) is 0.500. The molecule has 0 saturated heterocycles. The molecule has 0 spiro atoms. The van der Waals surface area contributed by atoms with Crippen molar-refractivity contribution in [2.24, 2.45) is 17.6 Å². The molecule has 1 aromatic carbocycles. The average Bonchev–Trinajstić information content (AvgIpc) is 3.03. The minimum absolute atomic E-state index is 0.531. The molecule has 0 radical (unpaired) electrons. The molecule has 1 fully saturated rings. The molecule has 1 unspecified atom stereocenters. The van der Waals surface area contributed by atoms with Crippen LogP contribution in [0.1, 0.15) is 12.8 Å². The van der Waals surface area contributed by atoms with E-state index < -0.39 is 0 Å². The number of hydrogen-bond acceptors (Lipinski definition) is 2. The smallest absolute Gasteiger partial charge is 0.120 e. The van der Waals surface area contributed by atoms with Crippen molar-refractivity contribution in [3.8, 4) is 5.75 Å². The zero-order valence-electron chi connectivity index (χ0n) is 8.66. The monoisotopic (exact) mass is 269 g/mol. The third-order valence-electron chi connectivity index (χ3n) is 2.85. The summed E-state index contributed by atoms with van der Waals surface area (Å²) in [4.78, 5) is 0. The van der Waals surface area contributed by atoms with Gasteiger partial charge in [0.1, 0.15) is 5.75 Å². The molecule has 82 valence electrons. The lowest BCUT2D eigenvalue weighted by molar-refractivity contribution is 0.236. The second kappa shape index (κ2) is 4.99. The van der Waals surface area contributed by atoms with Crippen molar-refractivity contribution >= 4 is 15.9 Å². The molecule has 1 aliphatic rings. The Kier molecular flexibility index (Phi) is 3.65. The van der Waals surface area contributed by atoms with E-state index in [1.54, 1.807) is 0 Å². The van der Waals surface area contributed by atoms with Crippen molar-refractivity contribution in [2.75, 3.05) is 13.2 Å². The third-order valence-corrected chi connectivity index (χ3v) is 3.34. The standard InChI is InChI=1S/C12H16BrNO/c13-11-2-1-3-12(6-11)15-8-10(7-14)9-4-5-9/h1-3,6,9-10H,4-5,7-8,14H2. The van der Waals surface area contributed by atoms with E-state index in [-0.39, 0.29) is 0 Å². The van der Waals surface area contributed by atoms with Crippen LogP contribution < -0.4 is 10.5 Å². The Morgan fingerprint density at radius 3 is 2.87 bits per heavy atom. The van der Waals surface area contributed by atoms with E-state index in [1.807, 2.05) is 24.3 Å². The zero-order valence-corrected chi connectivity index (χ0v) is 10.2. The molecule has 1 atom stereocenters. The maximum atomic E-state index is 5.73. The van der Waals surface area contributed by atoms with Gasteiger partial charge in [-0.3, -0.25) is 0 Å². The lowest BCUT2D eigenvalue weighted by Crippen LogP contribution is -2.23. The maximum Gasteiger partial charge on any atom is 0.120 e. The van der Waals surface area contributed by atoms with Gasteiger partial charge in [-0.2, -0.15) is 0 Å². The highest BCUT2D eigenvalue weighted by Gasteiger charge is 2.30. The molecule has 0 aliphatic heterocycles. The Balaban J connectivity index is 1.86. The van der Waals surface area contributed by atoms with Crippen LogP contribution in [0.25, 0.3) is 0 Å². The molecule has 2 N–H and O–H groups in total. The summed E-state index contributed by atoms with van der Waals surface area (Å²) in [6, 6.07) is 7.94. The Labute approximate surface area is 98.9 Å². The van der Waals surface area contributed by atoms with Crippen LogP contribution in [0.5, 0.6) is 5.75 Å². The predicted octanol–water partition coefficient (Wildman–Crippen LogP) is 2.81. The topological polar surface area (TPSA) is 35.2 Å². The van der Waals surface area contributed by atoms with E-state index in [0.29, 0.717) is 5.92 Å². The molecule has 1 aliphatic carbocycles. The minimum atomic E-state index is 0.531. The van der Waals surface area contributed by atoms with Crippen molar-refractivity contribution in [1.29, 1.82) is 0 Å². The van der Waals surface area contributed by atoms with Gasteiger partial charge in [0, 0.05) is 10.4 Å². The second-order valence-electron chi connectivity index (χ2n) is 4.10. The molecular formula is C12H16BrNO. The summed E-state index contributed by atoms with van der Waals surface area (Å²) in [5.41, 5.74) is 5.72. The summed E-state index contributed by atoms with van der Waals surface area (Å²) in [7, 11) is 0. The summed E-state index contributed by atoms with van der Waals surface area (Å²) in [5, 5.41) is 0. The molecule has 3 heteroatoms. The lowest BCUT2D eigenvalue weighted by atomic mass is 10.1. The second-order valence-corrected chi connectivity index (χ2v) is 5.02. The highest BCUT2D eigenvalue weighted by Crippen LogP contribution is 2.36. The predicted molar refractivity (Wildman–Crippen MR) is 64.9 cm³/mol. The Hall–Kier alpha value is -0.540. The summed E-state index contributed by atoms with van der Waals surface area (Å²) in [6.45, 7) is 1.48. The van der Waals surface area contributed by atoms with Crippen LogP contribution in [0.4, 0.5) is 0 Å². The van der Waals surface area contributed by atoms with Crippen molar-refractivity contribution in [2.45, 2.75) is 12.8 Å². The average molecular weight is 270 g/mol. The van der Waals surface area contributed by atoms with Crippen molar-refractivity contribution in [3.05, 3.63) is 28.7 Å². The summed E-state index contributed by atoms with van der Waals surface area (Å²) in [6.07, 6.45) is 2.65. The first-order chi connectivity index (χ1) is 7.29. The van der Waals surface area contributed by atoms with E-state index in [4.69, 9.17) is 10.5 Å². The SMILES string of the molecule is NCC(COc1cccc(Br)c1)C1CC1. The first-order valence-corrected chi connectivity index (χ1v) is 6.17. The normalized spacial score (nSPS) is 17.5. The fourth-order valence-electron chi connectivity index (χ4n) is 1.72. The summed E-state index contributed by atoms with van der Waals surface area (Å²) < 4.78 is 6.78. The molecule has 0 heterocycles. The first kappa shape index (κ1) is 11.0. The van der Waals surface area contributed by atoms with Crippen LogP contribution in [-0.2, 0) is 0 Å². The molecule has 0 amide bonds. The molecule has 1 saturated carbocycles. The van der Waals surface area contributed by atoms with Gasteiger partial charge in [-0.15, -0.1) is 0 Å². The van der Waals surface area contributed by atoms with Crippen molar-refractivity contribution in [1.82, 2.24) is 0 Å². The number of ether oxygens (including phenoxy) is 1. The minimum Gasteiger partial charge on any atom is -0.493 e. The molecule has 15 heavy (non-hydrogen) atoms. The van der Waals surface area contributed by atoms with E-state index in [1.165, 1.54) is 12.8 Å². The Morgan fingerprint density at radius 2 is 2.27 bits per heavy atom. The number of rotatable bonds is 5. The van der Waals surface area contributed by atoms with Crippen LogP contribution >= 0.6 is 15.9 Å². The first-order valence-electron chi connectivity index (χ1n) is 5.38. The Morgan fingerprint density at radius 1 is 1.47 bits per heavy atom. The van der Waals surface area contributed by atoms with Gasteiger partial charge in [0.05, 0.1) is 6.61 Å². The number of hydrogen-bond donors (Lipinski definition) is 1. The molecule has 0 bridgehead atoms. The number of halogens is 1. The highest BCUT2D eigenvalue weighted by molar-refractivity contribution is 9.10. The van der Waals surface area contributed by atoms with Gasteiger partial charge in [-0.25, -0.2) is 0 Å². The summed E-state index contributed by atoms with van der Waals surface area (Å²) >= 11 is 3.42. The molecule has 2 nitrogen and oxygen atoms in total. The fourth-order valence-corrected chi connectivity index (χ4v) is 2.10. The largest absolute Gasteiger partial charge is 0.493 e. The van der Waals surface area contributed by atoms with E-state index in [9.17, 15) is 0 Å². The number of benzene rings is 1. The van der Waals surface area contributed by atoms with Gasteiger partial charge in [-0.1, -0.05) is 22.0 Å². The summed E-state index contributed by atoms with van der Waals surface area (Å²) in [5.74, 6) is 2.26. The van der Waals surface area contributed by atoms with Crippen LogP contribution in [0, 0.1) is 11.8 Å². The van der Waals surface area contributed by atoms with Crippen LogP contribution in [-0.4, -0.2) is 13.2 Å². The molecule has 1 aromatic rings. The number of nitrogens with two attached hydrogens (primary N) is 1. The third kappa shape index (κ3) is 3.21. The van der Waals surface area contributed by atoms with Crippen molar-refractivity contribution in [3.63, 3.8) is 0 Å². The van der Waals surface area contributed by atoms with Gasteiger partial charge in [0.15, 0.2) is 0 Å². The molecule has 0 aromatic heterocycles. The van der Waals surface area contributed by atoms with Gasteiger partial charge in [-0.05, 0) is 43.5 Å².